The second-order valence-electron chi connectivity index (χ2n) is 5.89. The van der Waals surface area contributed by atoms with Crippen molar-refractivity contribution in [2.45, 2.75) is 27.7 Å². The van der Waals surface area contributed by atoms with Crippen LogP contribution < -0.4 is 20.1 Å². The Morgan fingerprint density at radius 2 is 1.72 bits per heavy atom. The van der Waals surface area contributed by atoms with Gasteiger partial charge >= 0.3 is 6.03 Å². The normalized spacial score (nSPS) is 10.2. The van der Waals surface area contributed by atoms with Crippen LogP contribution in [0, 0.1) is 20.8 Å². The molecule has 0 aliphatic heterocycles. The number of ether oxygens (including phenoxy) is 2. The van der Waals surface area contributed by atoms with Crippen LogP contribution in [0.4, 0.5) is 10.5 Å². The summed E-state index contributed by atoms with van der Waals surface area (Å²) in [5, 5.41) is 5.58. The minimum Gasteiger partial charge on any atom is -0.492 e. The van der Waals surface area contributed by atoms with E-state index in [-0.39, 0.29) is 6.03 Å². The van der Waals surface area contributed by atoms with Crippen LogP contribution in [-0.4, -0.2) is 25.8 Å². The van der Waals surface area contributed by atoms with E-state index in [1.807, 2.05) is 39.0 Å². The van der Waals surface area contributed by atoms with Crippen molar-refractivity contribution in [3.8, 4) is 11.5 Å². The van der Waals surface area contributed by atoms with Gasteiger partial charge in [0.2, 0.25) is 0 Å². The Morgan fingerprint density at radius 3 is 2.40 bits per heavy atom. The number of hydrogen-bond donors (Lipinski definition) is 2. The molecule has 0 heterocycles. The Labute approximate surface area is 149 Å². The van der Waals surface area contributed by atoms with E-state index >= 15 is 0 Å². The molecule has 0 aromatic heterocycles. The summed E-state index contributed by atoms with van der Waals surface area (Å²) in [6.07, 6.45) is 0. The van der Waals surface area contributed by atoms with Crippen molar-refractivity contribution < 1.29 is 14.3 Å². The average Bonchev–Trinajstić information content (AvgIpc) is 2.55. The molecule has 5 heteroatoms. The van der Waals surface area contributed by atoms with E-state index in [1.54, 1.807) is 6.07 Å². The lowest BCUT2D eigenvalue weighted by Crippen LogP contribution is -2.32. The maximum Gasteiger partial charge on any atom is 0.319 e. The quantitative estimate of drug-likeness (QED) is 0.741. The van der Waals surface area contributed by atoms with Crippen LogP contribution in [0.3, 0.4) is 0 Å². The number of aryl methyl sites for hydroxylation is 3. The fraction of sp³-hybridized carbons (Fsp3) is 0.350. The molecule has 0 bridgehead atoms. The summed E-state index contributed by atoms with van der Waals surface area (Å²) in [7, 11) is 0. The van der Waals surface area contributed by atoms with Crippen LogP contribution in [0.5, 0.6) is 11.5 Å². The van der Waals surface area contributed by atoms with Gasteiger partial charge < -0.3 is 20.1 Å². The largest absolute Gasteiger partial charge is 0.492 e. The Kier molecular flexibility index (Phi) is 6.69. The Morgan fingerprint density at radius 1 is 1.04 bits per heavy atom. The molecule has 0 aliphatic carbocycles. The average molecular weight is 342 g/mol. The fourth-order valence-electron chi connectivity index (χ4n) is 2.73. The van der Waals surface area contributed by atoms with Gasteiger partial charge in [0.15, 0.2) is 0 Å². The number of rotatable bonds is 7. The molecule has 2 rings (SSSR count). The van der Waals surface area contributed by atoms with Gasteiger partial charge in [-0.15, -0.1) is 0 Å². The third-order valence-corrected chi connectivity index (χ3v) is 3.67. The highest BCUT2D eigenvalue weighted by atomic mass is 16.5. The molecule has 25 heavy (non-hydrogen) atoms. The first-order valence-electron chi connectivity index (χ1n) is 8.48. The zero-order chi connectivity index (χ0) is 18.2. The molecule has 0 spiro atoms. The number of nitrogens with one attached hydrogen (secondary N) is 2. The summed E-state index contributed by atoms with van der Waals surface area (Å²) in [6.45, 7) is 9.39. The second kappa shape index (κ2) is 8.97. The van der Waals surface area contributed by atoms with Crippen LogP contribution in [0.25, 0.3) is 0 Å². The topological polar surface area (TPSA) is 59.6 Å². The Balaban J connectivity index is 1.82. The molecule has 0 fully saturated rings. The van der Waals surface area contributed by atoms with Crippen LogP contribution in [0.1, 0.15) is 23.6 Å². The number of carbonyl (C=O) groups is 1. The van der Waals surface area contributed by atoms with Gasteiger partial charge in [0.25, 0.3) is 0 Å². The SMILES string of the molecule is CCOc1ccccc1NC(=O)NCCOc1c(C)cc(C)cc1C. The molecule has 5 nitrogen and oxygen atoms in total. The van der Waals surface area contributed by atoms with Crippen LogP contribution in [-0.2, 0) is 0 Å². The van der Waals surface area contributed by atoms with Gasteiger partial charge in [0.1, 0.15) is 18.1 Å². The van der Waals surface area contributed by atoms with Crippen molar-refractivity contribution in [1.82, 2.24) is 5.32 Å². The lowest BCUT2D eigenvalue weighted by Gasteiger charge is -2.14. The van der Waals surface area contributed by atoms with E-state index in [2.05, 4.69) is 29.7 Å². The number of benzene rings is 2. The van der Waals surface area contributed by atoms with E-state index in [9.17, 15) is 4.79 Å². The van der Waals surface area contributed by atoms with Gasteiger partial charge in [-0.05, 0) is 51.0 Å². The van der Waals surface area contributed by atoms with Crippen LogP contribution in [0.15, 0.2) is 36.4 Å². The minimum atomic E-state index is -0.284. The highest BCUT2D eigenvalue weighted by Gasteiger charge is 2.08. The molecular weight excluding hydrogens is 316 g/mol. The number of amides is 2. The van der Waals surface area contributed by atoms with Crippen molar-refractivity contribution >= 4 is 11.7 Å². The van der Waals surface area contributed by atoms with Gasteiger partial charge in [0, 0.05) is 0 Å². The Hall–Kier alpha value is -2.69. The molecule has 0 saturated carbocycles. The van der Waals surface area contributed by atoms with E-state index in [1.165, 1.54) is 5.56 Å². The maximum atomic E-state index is 12.0. The Bertz CT molecular complexity index is 706. The maximum absolute atomic E-state index is 12.0. The summed E-state index contributed by atoms with van der Waals surface area (Å²) in [6, 6.07) is 11.2. The monoisotopic (exact) mass is 342 g/mol. The molecule has 2 N–H and O–H groups in total. The van der Waals surface area contributed by atoms with Crippen molar-refractivity contribution in [3.63, 3.8) is 0 Å². The lowest BCUT2D eigenvalue weighted by atomic mass is 10.1. The van der Waals surface area contributed by atoms with E-state index in [0.717, 1.165) is 16.9 Å². The first kappa shape index (κ1) is 18.6. The summed E-state index contributed by atoms with van der Waals surface area (Å²) in [5.41, 5.74) is 4.07. The third kappa shape index (κ3) is 5.41. The summed E-state index contributed by atoms with van der Waals surface area (Å²) >= 11 is 0. The first-order chi connectivity index (χ1) is 12.0. The molecule has 134 valence electrons. The number of anilines is 1. The number of para-hydroxylation sites is 2. The predicted molar refractivity (Wildman–Crippen MR) is 101 cm³/mol. The van der Waals surface area contributed by atoms with E-state index in [0.29, 0.717) is 31.2 Å². The van der Waals surface area contributed by atoms with Crippen molar-refractivity contribution in [2.75, 3.05) is 25.1 Å². The number of hydrogen-bond acceptors (Lipinski definition) is 3. The molecule has 0 radical (unpaired) electrons. The van der Waals surface area contributed by atoms with Gasteiger partial charge in [-0.1, -0.05) is 29.8 Å². The van der Waals surface area contributed by atoms with Crippen molar-refractivity contribution in [3.05, 3.63) is 53.1 Å². The third-order valence-electron chi connectivity index (χ3n) is 3.67. The fourth-order valence-corrected chi connectivity index (χ4v) is 2.73. The first-order valence-corrected chi connectivity index (χ1v) is 8.48. The van der Waals surface area contributed by atoms with E-state index in [4.69, 9.17) is 9.47 Å². The molecule has 0 atom stereocenters. The zero-order valence-corrected chi connectivity index (χ0v) is 15.3. The lowest BCUT2D eigenvalue weighted by molar-refractivity contribution is 0.247. The highest BCUT2D eigenvalue weighted by Crippen LogP contribution is 2.24. The van der Waals surface area contributed by atoms with Crippen LogP contribution in [0.2, 0.25) is 0 Å². The smallest absolute Gasteiger partial charge is 0.319 e. The predicted octanol–water partition coefficient (Wildman–Crippen LogP) is 4.21. The molecule has 0 saturated heterocycles. The number of urea groups is 1. The molecule has 2 aromatic carbocycles. The summed E-state index contributed by atoms with van der Waals surface area (Å²) in [4.78, 5) is 12.0. The summed E-state index contributed by atoms with van der Waals surface area (Å²) in [5.74, 6) is 1.54. The van der Waals surface area contributed by atoms with E-state index < -0.39 is 0 Å². The van der Waals surface area contributed by atoms with Crippen molar-refractivity contribution in [2.24, 2.45) is 0 Å². The van der Waals surface area contributed by atoms with Gasteiger partial charge in [-0.3, -0.25) is 0 Å². The van der Waals surface area contributed by atoms with Gasteiger partial charge in [-0.25, -0.2) is 4.79 Å². The van der Waals surface area contributed by atoms with Gasteiger partial charge in [-0.2, -0.15) is 0 Å². The number of carbonyl (C=O) groups excluding carboxylic acids is 1. The molecule has 0 aliphatic rings. The highest BCUT2D eigenvalue weighted by molar-refractivity contribution is 5.90. The summed E-state index contributed by atoms with van der Waals surface area (Å²) < 4.78 is 11.3. The molecule has 2 amide bonds. The molecular formula is C20H26N2O3. The zero-order valence-electron chi connectivity index (χ0n) is 15.3. The molecule has 0 unspecified atom stereocenters. The van der Waals surface area contributed by atoms with Crippen LogP contribution >= 0.6 is 0 Å². The second-order valence-corrected chi connectivity index (χ2v) is 5.89. The standard InChI is InChI=1S/C20H26N2O3/c1-5-24-18-9-7-6-8-17(18)22-20(23)21-10-11-25-19-15(3)12-14(2)13-16(19)4/h6-9,12-13H,5,10-11H2,1-4H3,(H2,21,22,23). The molecule has 2 aromatic rings. The minimum absolute atomic E-state index is 0.284. The van der Waals surface area contributed by atoms with Gasteiger partial charge in [0.05, 0.1) is 18.8 Å². The van der Waals surface area contributed by atoms with Crippen molar-refractivity contribution in [1.29, 1.82) is 0 Å².